The van der Waals surface area contributed by atoms with E-state index in [1.165, 1.54) is 19.3 Å². The normalized spacial score (nSPS) is 18.9. The second-order valence-electron chi connectivity index (χ2n) is 4.03. The largest absolute Gasteiger partial charge is 0.333 e. The molecule has 0 radical (unpaired) electrons. The number of aromatic nitrogens is 2. The smallest absolute Gasteiger partial charge is 0.0948 e. The number of nitrogens with two attached hydrogens (primary N) is 1. The molecule has 1 aliphatic rings. The molecule has 0 bridgehead atoms. The number of hydrogen-bond acceptors (Lipinski definition) is 2. The monoisotopic (exact) mass is 179 g/mol. The maximum Gasteiger partial charge on any atom is 0.0948 e. The summed E-state index contributed by atoms with van der Waals surface area (Å²) in [7, 11) is 0. The minimum atomic E-state index is 0.0988. The highest BCUT2D eigenvalue weighted by atomic mass is 15.1. The lowest BCUT2D eigenvalue weighted by Crippen LogP contribution is -2.12. The van der Waals surface area contributed by atoms with Gasteiger partial charge in [0.1, 0.15) is 0 Å². The van der Waals surface area contributed by atoms with Gasteiger partial charge in [0, 0.05) is 18.8 Å². The molecule has 72 valence electrons. The van der Waals surface area contributed by atoms with Gasteiger partial charge in [0.05, 0.1) is 12.0 Å². The molecule has 3 nitrogen and oxygen atoms in total. The molecule has 0 saturated heterocycles. The highest BCUT2D eigenvalue weighted by Gasteiger charge is 2.21. The van der Waals surface area contributed by atoms with E-state index in [0.717, 1.165) is 18.2 Å². The molecule has 1 aromatic heterocycles. The van der Waals surface area contributed by atoms with Crippen LogP contribution < -0.4 is 5.73 Å². The van der Waals surface area contributed by atoms with Crippen LogP contribution in [-0.2, 0) is 6.54 Å². The molecule has 0 aromatic carbocycles. The van der Waals surface area contributed by atoms with Gasteiger partial charge in [-0.25, -0.2) is 4.98 Å². The van der Waals surface area contributed by atoms with Crippen molar-refractivity contribution in [3.8, 4) is 0 Å². The minimum absolute atomic E-state index is 0.0988. The summed E-state index contributed by atoms with van der Waals surface area (Å²) in [5, 5.41) is 0. The lowest BCUT2D eigenvalue weighted by atomic mass is 10.2. The van der Waals surface area contributed by atoms with Crippen LogP contribution in [0.1, 0.15) is 37.9 Å². The SMILES string of the molecule is CC(N)c1cncn1CCC1CC1. The molecule has 0 amide bonds. The van der Waals surface area contributed by atoms with E-state index in [1.54, 1.807) is 0 Å². The highest BCUT2D eigenvalue weighted by molar-refractivity contribution is 5.03. The van der Waals surface area contributed by atoms with Gasteiger partial charge in [-0.15, -0.1) is 0 Å². The van der Waals surface area contributed by atoms with Crippen molar-refractivity contribution < 1.29 is 0 Å². The van der Waals surface area contributed by atoms with Crippen molar-refractivity contribution in [2.24, 2.45) is 11.7 Å². The van der Waals surface area contributed by atoms with Crippen LogP contribution >= 0.6 is 0 Å². The predicted octanol–water partition coefficient (Wildman–Crippen LogP) is 1.70. The van der Waals surface area contributed by atoms with E-state index in [2.05, 4.69) is 9.55 Å². The molecule has 1 aliphatic carbocycles. The minimum Gasteiger partial charge on any atom is -0.333 e. The zero-order valence-electron chi connectivity index (χ0n) is 8.11. The number of hydrogen-bond donors (Lipinski definition) is 1. The number of aryl methyl sites for hydroxylation is 1. The molecule has 2 N–H and O–H groups in total. The van der Waals surface area contributed by atoms with Crippen LogP contribution in [0.25, 0.3) is 0 Å². The predicted molar refractivity (Wildman–Crippen MR) is 52.2 cm³/mol. The van der Waals surface area contributed by atoms with Crippen LogP contribution in [-0.4, -0.2) is 9.55 Å². The van der Waals surface area contributed by atoms with Crippen LogP contribution in [0.5, 0.6) is 0 Å². The standard InChI is InChI=1S/C10H17N3/c1-8(11)10-6-12-7-13(10)5-4-9-2-3-9/h6-9H,2-5,11H2,1H3. The van der Waals surface area contributed by atoms with E-state index in [4.69, 9.17) is 5.73 Å². The van der Waals surface area contributed by atoms with Crippen molar-refractivity contribution in [3.63, 3.8) is 0 Å². The fraction of sp³-hybridized carbons (Fsp3) is 0.700. The van der Waals surface area contributed by atoms with Crippen molar-refractivity contribution in [2.45, 2.75) is 38.8 Å². The molecule has 1 saturated carbocycles. The van der Waals surface area contributed by atoms with Gasteiger partial charge in [0.25, 0.3) is 0 Å². The number of imidazole rings is 1. The van der Waals surface area contributed by atoms with Crippen molar-refractivity contribution in [1.82, 2.24) is 9.55 Å². The summed E-state index contributed by atoms with van der Waals surface area (Å²) in [6, 6.07) is 0.0988. The van der Waals surface area contributed by atoms with Gasteiger partial charge < -0.3 is 10.3 Å². The third-order valence-electron chi connectivity index (χ3n) is 2.69. The first kappa shape index (κ1) is 8.75. The molecule has 1 heterocycles. The molecule has 0 spiro atoms. The average molecular weight is 179 g/mol. The Morgan fingerprint density at radius 2 is 2.46 bits per heavy atom. The molecule has 1 aromatic rings. The topological polar surface area (TPSA) is 43.8 Å². The van der Waals surface area contributed by atoms with Gasteiger partial charge >= 0.3 is 0 Å². The van der Waals surface area contributed by atoms with Gasteiger partial charge in [0.15, 0.2) is 0 Å². The van der Waals surface area contributed by atoms with E-state index in [0.29, 0.717) is 0 Å². The molecule has 13 heavy (non-hydrogen) atoms. The first-order valence-corrected chi connectivity index (χ1v) is 5.03. The molecule has 2 rings (SSSR count). The van der Waals surface area contributed by atoms with Crippen LogP contribution in [0, 0.1) is 5.92 Å². The first-order valence-electron chi connectivity index (χ1n) is 5.03. The maximum absolute atomic E-state index is 5.82. The van der Waals surface area contributed by atoms with Crippen LogP contribution in [0.4, 0.5) is 0 Å². The zero-order valence-corrected chi connectivity index (χ0v) is 8.11. The number of nitrogens with zero attached hydrogens (tertiary/aromatic N) is 2. The molecular weight excluding hydrogens is 162 g/mol. The Bertz CT molecular complexity index is 273. The summed E-state index contributed by atoms with van der Waals surface area (Å²) >= 11 is 0. The van der Waals surface area contributed by atoms with Gasteiger partial charge in [-0.2, -0.15) is 0 Å². The molecule has 1 fully saturated rings. The summed E-state index contributed by atoms with van der Waals surface area (Å²) < 4.78 is 2.18. The summed E-state index contributed by atoms with van der Waals surface area (Å²) in [6.45, 7) is 3.09. The lowest BCUT2D eigenvalue weighted by molar-refractivity contribution is 0.562. The van der Waals surface area contributed by atoms with Crippen molar-refractivity contribution in [3.05, 3.63) is 18.2 Å². The van der Waals surface area contributed by atoms with Gasteiger partial charge in [-0.3, -0.25) is 0 Å². The second kappa shape index (κ2) is 3.50. The van der Waals surface area contributed by atoms with E-state index >= 15 is 0 Å². The van der Waals surface area contributed by atoms with Gasteiger partial charge in [-0.1, -0.05) is 12.8 Å². The molecule has 1 atom stereocenters. The molecule has 1 unspecified atom stereocenters. The third-order valence-corrected chi connectivity index (χ3v) is 2.69. The quantitative estimate of drug-likeness (QED) is 0.764. The average Bonchev–Trinajstić information content (AvgIpc) is 2.79. The Kier molecular flexibility index (Phi) is 2.36. The fourth-order valence-electron chi connectivity index (χ4n) is 1.63. The summed E-state index contributed by atoms with van der Waals surface area (Å²) in [5.41, 5.74) is 6.97. The third kappa shape index (κ3) is 2.10. The van der Waals surface area contributed by atoms with Gasteiger partial charge in [0.2, 0.25) is 0 Å². The maximum atomic E-state index is 5.82. The lowest BCUT2D eigenvalue weighted by Gasteiger charge is -2.09. The zero-order chi connectivity index (χ0) is 9.26. The van der Waals surface area contributed by atoms with Crippen molar-refractivity contribution in [1.29, 1.82) is 0 Å². The molecular formula is C10H17N3. The molecule has 0 aliphatic heterocycles. The Morgan fingerprint density at radius 3 is 3.08 bits per heavy atom. The van der Waals surface area contributed by atoms with Crippen LogP contribution in [0.3, 0.4) is 0 Å². The van der Waals surface area contributed by atoms with E-state index in [9.17, 15) is 0 Å². The van der Waals surface area contributed by atoms with Crippen molar-refractivity contribution >= 4 is 0 Å². The Balaban J connectivity index is 1.96. The summed E-state index contributed by atoms with van der Waals surface area (Å²) in [6.07, 6.45) is 7.89. The number of rotatable bonds is 4. The Labute approximate surface area is 79.0 Å². The molecule has 3 heteroatoms. The van der Waals surface area contributed by atoms with Crippen LogP contribution in [0.15, 0.2) is 12.5 Å². The van der Waals surface area contributed by atoms with E-state index in [-0.39, 0.29) is 6.04 Å². The summed E-state index contributed by atoms with van der Waals surface area (Å²) in [4.78, 5) is 4.12. The van der Waals surface area contributed by atoms with Crippen LogP contribution in [0.2, 0.25) is 0 Å². The second-order valence-corrected chi connectivity index (χ2v) is 4.03. The highest BCUT2D eigenvalue weighted by Crippen LogP contribution is 2.32. The summed E-state index contributed by atoms with van der Waals surface area (Å²) in [5.74, 6) is 0.975. The van der Waals surface area contributed by atoms with Crippen molar-refractivity contribution in [2.75, 3.05) is 0 Å². The van der Waals surface area contributed by atoms with E-state index < -0.39 is 0 Å². The van der Waals surface area contributed by atoms with Gasteiger partial charge in [-0.05, 0) is 19.3 Å². The Morgan fingerprint density at radius 1 is 1.69 bits per heavy atom. The fourth-order valence-corrected chi connectivity index (χ4v) is 1.63. The first-order chi connectivity index (χ1) is 6.27. The van der Waals surface area contributed by atoms with E-state index in [1.807, 2.05) is 19.4 Å². The Hall–Kier alpha value is -0.830.